The number of rotatable bonds is 5. The molecule has 0 atom stereocenters. The average molecular weight is 891 g/mol. The Morgan fingerprint density at radius 3 is 1.49 bits per heavy atom. The zero-order valence-corrected chi connectivity index (χ0v) is 35.0. The highest BCUT2D eigenvalue weighted by Crippen LogP contribution is 2.60. The van der Waals surface area contributed by atoms with E-state index in [0.717, 1.165) is 46.3 Å². The van der Waals surface area contributed by atoms with Crippen molar-refractivity contribution in [2.24, 2.45) is 0 Å². The van der Waals surface area contributed by atoms with Crippen LogP contribution in [0.5, 0.6) is 46.0 Å². The Bertz CT molecular complexity index is 3860. The van der Waals surface area contributed by atoms with Crippen LogP contribution >= 0.6 is 22.7 Å². The van der Waals surface area contributed by atoms with Crippen LogP contribution in [0.1, 0.15) is 0 Å². The second-order valence-electron chi connectivity index (χ2n) is 15.6. The fourth-order valence-electron chi connectivity index (χ4n) is 8.90. The normalized spacial score (nSPS) is 11.9. The maximum Gasteiger partial charge on any atom is 0.206 e. The van der Waals surface area contributed by atoms with E-state index in [2.05, 4.69) is 18.2 Å². The molecule has 12 nitrogen and oxygen atoms in total. The van der Waals surface area contributed by atoms with Gasteiger partial charge in [-0.05, 0) is 47.5 Å². The van der Waals surface area contributed by atoms with Crippen molar-refractivity contribution in [1.82, 2.24) is 19.5 Å². The van der Waals surface area contributed by atoms with Gasteiger partial charge in [-0.2, -0.15) is 0 Å². The quantitative estimate of drug-likeness (QED) is 0.0603. The maximum atomic E-state index is 11.8. The van der Waals surface area contributed by atoms with Gasteiger partial charge in [-0.15, -0.1) is 22.7 Å². The van der Waals surface area contributed by atoms with E-state index in [1.807, 2.05) is 115 Å². The fourth-order valence-corrected chi connectivity index (χ4v) is 11.3. The minimum atomic E-state index is -1.11. The molecule has 0 bridgehead atoms. The molecule has 4 aromatic heterocycles. The van der Waals surface area contributed by atoms with E-state index >= 15 is 0 Å². The van der Waals surface area contributed by atoms with Gasteiger partial charge in [0.25, 0.3) is 0 Å². The number of thiophene rings is 2. The lowest BCUT2D eigenvalue weighted by molar-refractivity contribution is 0.350. The molecule has 8 aromatic carbocycles. The van der Waals surface area contributed by atoms with Crippen LogP contribution in [0, 0.1) is 0 Å². The molecule has 12 aromatic rings. The summed E-state index contributed by atoms with van der Waals surface area (Å²) in [7, 11) is 0. The molecule has 0 aliphatic rings. The van der Waals surface area contributed by atoms with E-state index in [4.69, 9.17) is 15.0 Å². The number of hydrogen-bond donors (Lipinski definition) is 8. The standard InChI is InChI=1S/C51H30N4O8S2/c56-40-36-37-39(43(59)47(63)45(61)41(37)57)55(38(36)42(58)46(62)44(40)60)31-21-26(27-15-9-16-29-28-14-7-8-17-32(28)65-48(27)29)22-34-35(31)30-20-25(18-19-33(30)64-34)51-53-49(23-10-3-1-4-11-23)52-50(54-51)24-12-5-2-6-13-24/h1-22,56-63H. The minimum absolute atomic E-state index is 0.268. The molecule has 0 radical (unpaired) electrons. The zero-order valence-electron chi connectivity index (χ0n) is 33.4. The highest BCUT2D eigenvalue weighted by Gasteiger charge is 2.33. The molecule has 14 heteroatoms. The van der Waals surface area contributed by atoms with Crippen molar-refractivity contribution in [2.45, 2.75) is 0 Å². The molecular formula is C51H30N4O8S2. The van der Waals surface area contributed by atoms with Crippen LogP contribution in [0.25, 0.3) is 113 Å². The molecule has 0 unspecified atom stereocenters. The topological polar surface area (TPSA) is 205 Å². The first kappa shape index (κ1) is 38.1. The lowest BCUT2D eigenvalue weighted by atomic mass is 9.99. The number of aromatic hydroxyl groups is 8. The molecule has 0 saturated heterocycles. The number of aromatic nitrogens is 4. The van der Waals surface area contributed by atoms with Gasteiger partial charge in [0, 0.05) is 57.0 Å². The predicted molar refractivity (Wildman–Crippen MR) is 255 cm³/mol. The van der Waals surface area contributed by atoms with Crippen molar-refractivity contribution in [2.75, 3.05) is 0 Å². The molecule has 0 spiro atoms. The Labute approximate surface area is 374 Å². The molecule has 0 fully saturated rings. The van der Waals surface area contributed by atoms with Gasteiger partial charge in [-0.3, -0.25) is 0 Å². The summed E-state index contributed by atoms with van der Waals surface area (Å²) in [6.07, 6.45) is 0. The van der Waals surface area contributed by atoms with Crippen LogP contribution in [-0.2, 0) is 0 Å². The van der Waals surface area contributed by atoms with Crippen LogP contribution in [-0.4, -0.2) is 60.4 Å². The second kappa shape index (κ2) is 14.0. The van der Waals surface area contributed by atoms with Crippen molar-refractivity contribution in [3.05, 3.63) is 133 Å². The van der Waals surface area contributed by atoms with Crippen molar-refractivity contribution in [3.8, 4) is 97.0 Å². The number of fused-ring (bicyclic) bond motifs is 9. The molecule has 0 saturated carbocycles. The molecule has 0 amide bonds. The summed E-state index contributed by atoms with van der Waals surface area (Å²) in [4.78, 5) is 14.8. The van der Waals surface area contributed by atoms with Crippen molar-refractivity contribution in [3.63, 3.8) is 0 Å². The number of nitrogens with zero attached hydrogens (tertiary/aromatic N) is 4. The molecule has 314 valence electrons. The largest absolute Gasteiger partial charge is 0.504 e. The summed E-state index contributed by atoms with van der Waals surface area (Å²) in [6, 6.07) is 43.0. The third-order valence-corrected chi connectivity index (χ3v) is 14.2. The smallest absolute Gasteiger partial charge is 0.206 e. The number of phenolic OH excluding ortho intramolecular Hbond substituents is 8. The lowest BCUT2D eigenvalue weighted by Crippen LogP contribution is -2.00. The highest BCUT2D eigenvalue weighted by atomic mass is 32.1. The predicted octanol–water partition coefficient (Wildman–Crippen LogP) is 12.0. The summed E-state index contributed by atoms with van der Waals surface area (Å²) in [5.74, 6) is -6.81. The monoisotopic (exact) mass is 890 g/mol. The zero-order chi connectivity index (χ0) is 44.4. The number of hydrogen-bond acceptors (Lipinski definition) is 13. The molecule has 8 N–H and O–H groups in total. The fraction of sp³-hybridized carbons (Fsp3) is 0. The van der Waals surface area contributed by atoms with Crippen LogP contribution in [0.15, 0.2) is 133 Å². The van der Waals surface area contributed by atoms with Crippen molar-refractivity contribution in [1.29, 1.82) is 0 Å². The molecular weight excluding hydrogens is 861 g/mol. The van der Waals surface area contributed by atoms with E-state index < -0.39 is 56.8 Å². The van der Waals surface area contributed by atoms with E-state index in [0.29, 0.717) is 39.4 Å². The third kappa shape index (κ3) is 5.51. The van der Waals surface area contributed by atoms with Gasteiger partial charge in [0.2, 0.25) is 23.0 Å². The Hall–Kier alpha value is -8.59. The van der Waals surface area contributed by atoms with Gasteiger partial charge in [-0.1, -0.05) is 97.1 Å². The Balaban J connectivity index is 1.22. The Kier molecular flexibility index (Phi) is 8.18. The van der Waals surface area contributed by atoms with Gasteiger partial charge < -0.3 is 45.4 Å². The van der Waals surface area contributed by atoms with Gasteiger partial charge in [0.15, 0.2) is 40.5 Å². The van der Waals surface area contributed by atoms with Crippen LogP contribution in [0.3, 0.4) is 0 Å². The molecule has 65 heavy (non-hydrogen) atoms. The summed E-state index contributed by atoms with van der Waals surface area (Å²) in [5.41, 5.74) is 3.35. The van der Waals surface area contributed by atoms with Crippen LogP contribution in [0.2, 0.25) is 0 Å². The van der Waals surface area contributed by atoms with Gasteiger partial charge in [-0.25, -0.2) is 15.0 Å². The summed E-state index contributed by atoms with van der Waals surface area (Å²) in [5, 5.41) is 92.7. The first-order chi connectivity index (χ1) is 31.6. The highest BCUT2D eigenvalue weighted by molar-refractivity contribution is 7.26. The van der Waals surface area contributed by atoms with Gasteiger partial charge in [0.05, 0.1) is 16.5 Å². The van der Waals surface area contributed by atoms with Crippen LogP contribution < -0.4 is 0 Å². The first-order valence-electron chi connectivity index (χ1n) is 20.2. The van der Waals surface area contributed by atoms with Crippen LogP contribution in [0.4, 0.5) is 0 Å². The molecule has 0 aliphatic carbocycles. The Morgan fingerprint density at radius 2 is 0.877 bits per heavy atom. The van der Waals surface area contributed by atoms with Gasteiger partial charge >= 0.3 is 0 Å². The summed E-state index contributed by atoms with van der Waals surface area (Å²) in [6.45, 7) is 0. The third-order valence-electron chi connectivity index (χ3n) is 11.9. The van der Waals surface area contributed by atoms with E-state index in [-0.39, 0.29) is 16.7 Å². The average Bonchev–Trinajstić information content (AvgIpc) is 4.04. The first-order valence-corrected chi connectivity index (χ1v) is 21.8. The van der Waals surface area contributed by atoms with Crippen molar-refractivity contribution < 1.29 is 40.9 Å². The van der Waals surface area contributed by atoms with Crippen molar-refractivity contribution >= 4 is 84.8 Å². The number of phenols is 8. The molecule has 4 heterocycles. The second-order valence-corrected chi connectivity index (χ2v) is 17.7. The molecule has 12 rings (SSSR count). The van der Waals surface area contributed by atoms with E-state index in [9.17, 15) is 40.9 Å². The molecule has 0 aliphatic heterocycles. The summed E-state index contributed by atoms with van der Waals surface area (Å²) >= 11 is 3.09. The lowest BCUT2D eigenvalue weighted by Gasteiger charge is -2.16. The summed E-state index contributed by atoms with van der Waals surface area (Å²) < 4.78 is 4.94. The van der Waals surface area contributed by atoms with E-state index in [1.54, 1.807) is 11.3 Å². The van der Waals surface area contributed by atoms with E-state index in [1.165, 1.54) is 15.9 Å². The Morgan fingerprint density at radius 1 is 0.354 bits per heavy atom. The SMILES string of the molecule is Oc1c(O)c(O)c2c(c1O)c1c(O)c(O)c(O)c(O)c1n2-c1cc(-c2cccc3c2sc2ccccc23)cc2sc3ccc(-c4nc(-c5ccccc5)nc(-c5ccccc5)n4)cc3c12. The van der Waals surface area contributed by atoms with Gasteiger partial charge in [0.1, 0.15) is 11.0 Å². The number of benzene rings is 8. The minimum Gasteiger partial charge on any atom is -0.504 e. The maximum absolute atomic E-state index is 11.8.